The summed E-state index contributed by atoms with van der Waals surface area (Å²) in [6.45, 7) is 3.95. The average Bonchev–Trinajstić information content (AvgIpc) is 2.32. The van der Waals surface area contributed by atoms with E-state index in [1.807, 2.05) is 32.0 Å². The van der Waals surface area contributed by atoms with E-state index in [2.05, 4.69) is 0 Å². The molecule has 0 atom stereocenters. The lowest BCUT2D eigenvalue weighted by atomic mass is 9.99. The summed E-state index contributed by atoms with van der Waals surface area (Å²) in [6, 6.07) is 8.82. The van der Waals surface area contributed by atoms with E-state index in [4.69, 9.17) is 10.5 Å². The highest BCUT2D eigenvalue weighted by molar-refractivity contribution is 5.69. The SMILES string of the molecule is COc1c(C)cc(-c2ccc(N)c(F)c2)cc1C. The number of methoxy groups -OCH3 is 1. The zero-order valence-electron chi connectivity index (χ0n) is 10.8. The van der Waals surface area contributed by atoms with Crippen molar-refractivity contribution in [2.45, 2.75) is 13.8 Å². The van der Waals surface area contributed by atoms with Gasteiger partial charge in [-0.05, 0) is 60.4 Å². The van der Waals surface area contributed by atoms with Crippen LogP contribution in [0.3, 0.4) is 0 Å². The normalized spacial score (nSPS) is 10.4. The fourth-order valence-corrected chi connectivity index (χ4v) is 2.15. The Labute approximate surface area is 106 Å². The van der Waals surface area contributed by atoms with Gasteiger partial charge in [0, 0.05) is 0 Å². The zero-order chi connectivity index (χ0) is 13.3. The molecule has 2 N–H and O–H groups in total. The fourth-order valence-electron chi connectivity index (χ4n) is 2.15. The molecule has 2 aromatic carbocycles. The second-order valence-electron chi connectivity index (χ2n) is 4.38. The van der Waals surface area contributed by atoms with Gasteiger partial charge in [-0.2, -0.15) is 0 Å². The molecule has 0 saturated carbocycles. The summed E-state index contributed by atoms with van der Waals surface area (Å²) in [6.07, 6.45) is 0. The first-order chi connectivity index (χ1) is 8.52. The maximum Gasteiger partial charge on any atom is 0.146 e. The molecule has 2 aromatic rings. The molecule has 0 aromatic heterocycles. The molecule has 2 rings (SSSR count). The van der Waals surface area contributed by atoms with Crippen molar-refractivity contribution >= 4 is 5.69 Å². The van der Waals surface area contributed by atoms with Gasteiger partial charge in [0.1, 0.15) is 11.6 Å². The lowest BCUT2D eigenvalue weighted by Crippen LogP contribution is -1.94. The number of rotatable bonds is 2. The van der Waals surface area contributed by atoms with Crippen LogP contribution >= 0.6 is 0 Å². The summed E-state index contributed by atoms with van der Waals surface area (Å²) >= 11 is 0. The van der Waals surface area contributed by atoms with E-state index in [9.17, 15) is 4.39 Å². The number of hydrogen-bond acceptors (Lipinski definition) is 2. The number of benzene rings is 2. The quantitative estimate of drug-likeness (QED) is 0.819. The number of halogens is 1. The molecule has 0 radical (unpaired) electrons. The van der Waals surface area contributed by atoms with Crippen molar-refractivity contribution in [3.05, 3.63) is 47.3 Å². The van der Waals surface area contributed by atoms with Crippen LogP contribution in [0.4, 0.5) is 10.1 Å². The molecule has 0 fully saturated rings. The van der Waals surface area contributed by atoms with E-state index in [1.165, 1.54) is 6.07 Å². The molecule has 0 heterocycles. The molecular weight excluding hydrogens is 229 g/mol. The molecule has 94 valence electrons. The van der Waals surface area contributed by atoms with Gasteiger partial charge in [0.15, 0.2) is 0 Å². The smallest absolute Gasteiger partial charge is 0.146 e. The minimum absolute atomic E-state index is 0.167. The number of ether oxygens (including phenoxy) is 1. The molecule has 0 aliphatic carbocycles. The van der Waals surface area contributed by atoms with Gasteiger partial charge in [-0.3, -0.25) is 0 Å². The van der Waals surface area contributed by atoms with E-state index in [0.29, 0.717) is 0 Å². The monoisotopic (exact) mass is 245 g/mol. The lowest BCUT2D eigenvalue weighted by Gasteiger charge is -2.12. The van der Waals surface area contributed by atoms with Crippen molar-refractivity contribution in [2.75, 3.05) is 12.8 Å². The van der Waals surface area contributed by atoms with Gasteiger partial charge in [-0.15, -0.1) is 0 Å². The van der Waals surface area contributed by atoms with Crippen molar-refractivity contribution in [2.24, 2.45) is 0 Å². The van der Waals surface area contributed by atoms with Crippen LogP contribution in [-0.2, 0) is 0 Å². The first kappa shape index (κ1) is 12.4. The Hall–Kier alpha value is -2.03. The Balaban J connectivity index is 2.54. The second kappa shape index (κ2) is 4.69. The fraction of sp³-hybridized carbons (Fsp3) is 0.200. The molecule has 0 unspecified atom stereocenters. The summed E-state index contributed by atoms with van der Waals surface area (Å²) in [5.74, 6) is 0.480. The molecule has 2 nitrogen and oxygen atoms in total. The molecule has 0 bridgehead atoms. The number of nitrogens with two attached hydrogens (primary N) is 1. The van der Waals surface area contributed by atoms with Crippen LogP contribution in [0.25, 0.3) is 11.1 Å². The minimum atomic E-state index is -0.390. The summed E-state index contributed by atoms with van der Waals surface area (Å²) in [5, 5.41) is 0. The zero-order valence-corrected chi connectivity index (χ0v) is 10.8. The third-order valence-electron chi connectivity index (χ3n) is 3.00. The van der Waals surface area contributed by atoms with Crippen molar-refractivity contribution in [1.29, 1.82) is 0 Å². The third-order valence-corrected chi connectivity index (χ3v) is 3.00. The van der Waals surface area contributed by atoms with Gasteiger partial charge in [0.25, 0.3) is 0 Å². The summed E-state index contributed by atoms with van der Waals surface area (Å²) in [4.78, 5) is 0. The Bertz CT molecular complexity index is 570. The van der Waals surface area contributed by atoms with Gasteiger partial charge in [0.2, 0.25) is 0 Å². The molecule has 0 aliphatic rings. The highest BCUT2D eigenvalue weighted by atomic mass is 19.1. The van der Waals surface area contributed by atoms with E-state index in [1.54, 1.807) is 13.2 Å². The highest BCUT2D eigenvalue weighted by Gasteiger charge is 2.08. The topological polar surface area (TPSA) is 35.2 Å². The Morgan fingerprint density at radius 2 is 1.61 bits per heavy atom. The van der Waals surface area contributed by atoms with E-state index >= 15 is 0 Å². The molecule has 0 amide bonds. The van der Waals surface area contributed by atoms with E-state index in [-0.39, 0.29) is 5.69 Å². The van der Waals surface area contributed by atoms with Crippen LogP contribution in [0.2, 0.25) is 0 Å². The van der Waals surface area contributed by atoms with E-state index < -0.39 is 5.82 Å². The van der Waals surface area contributed by atoms with Crippen molar-refractivity contribution in [1.82, 2.24) is 0 Å². The van der Waals surface area contributed by atoms with Gasteiger partial charge >= 0.3 is 0 Å². The van der Waals surface area contributed by atoms with Crippen molar-refractivity contribution in [3.8, 4) is 16.9 Å². The summed E-state index contributed by atoms with van der Waals surface area (Å²) < 4.78 is 18.8. The second-order valence-corrected chi connectivity index (χ2v) is 4.38. The van der Waals surface area contributed by atoms with Crippen LogP contribution in [0.1, 0.15) is 11.1 Å². The highest BCUT2D eigenvalue weighted by Crippen LogP contribution is 2.30. The predicted octanol–water partition coefficient (Wildman–Crippen LogP) is 3.70. The van der Waals surface area contributed by atoms with Crippen LogP contribution in [-0.4, -0.2) is 7.11 Å². The maximum atomic E-state index is 13.5. The van der Waals surface area contributed by atoms with E-state index in [0.717, 1.165) is 28.0 Å². The first-order valence-corrected chi connectivity index (χ1v) is 5.73. The van der Waals surface area contributed by atoms with Gasteiger partial charge in [-0.1, -0.05) is 6.07 Å². The first-order valence-electron chi connectivity index (χ1n) is 5.73. The van der Waals surface area contributed by atoms with Crippen LogP contribution in [0.15, 0.2) is 30.3 Å². The van der Waals surface area contributed by atoms with Crippen molar-refractivity contribution in [3.63, 3.8) is 0 Å². The minimum Gasteiger partial charge on any atom is -0.496 e. The van der Waals surface area contributed by atoms with Crippen molar-refractivity contribution < 1.29 is 9.13 Å². The lowest BCUT2D eigenvalue weighted by molar-refractivity contribution is 0.408. The third kappa shape index (κ3) is 2.16. The Kier molecular flexibility index (Phi) is 3.24. The molecule has 0 saturated heterocycles. The molecule has 0 aliphatic heterocycles. The summed E-state index contributed by atoms with van der Waals surface area (Å²) in [7, 11) is 1.65. The van der Waals surface area contributed by atoms with Crippen LogP contribution in [0.5, 0.6) is 5.75 Å². The van der Waals surface area contributed by atoms with Crippen LogP contribution < -0.4 is 10.5 Å². The predicted molar refractivity (Wildman–Crippen MR) is 72.3 cm³/mol. The maximum absolute atomic E-state index is 13.5. The standard InChI is InChI=1S/C15H16FNO/c1-9-6-12(7-10(2)15(9)18-3)11-4-5-14(17)13(16)8-11/h4-8H,17H2,1-3H3. The summed E-state index contributed by atoms with van der Waals surface area (Å²) in [5.41, 5.74) is 9.49. The molecule has 3 heteroatoms. The number of anilines is 1. The Morgan fingerprint density at radius 1 is 1.00 bits per heavy atom. The Morgan fingerprint density at radius 3 is 2.11 bits per heavy atom. The number of hydrogen-bond donors (Lipinski definition) is 1. The molecular formula is C15H16FNO. The number of nitrogen functional groups attached to an aromatic ring is 1. The molecule has 18 heavy (non-hydrogen) atoms. The average molecular weight is 245 g/mol. The van der Waals surface area contributed by atoms with Crippen LogP contribution in [0, 0.1) is 19.7 Å². The van der Waals surface area contributed by atoms with Gasteiger partial charge < -0.3 is 10.5 Å². The van der Waals surface area contributed by atoms with Gasteiger partial charge in [-0.25, -0.2) is 4.39 Å². The largest absolute Gasteiger partial charge is 0.496 e. The number of aryl methyl sites for hydroxylation is 2. The van der Waals surface area contributed by atoms with Gasteiger partial charge in [0.05, 0.1) is 12.8 Å². The molecule has 0 spiro atoms.